The number of unbranched alkanes of at least 4 members (excludes halogenated alkanes) is 3. The van der Waals surface area contributed by atoms with Crippen LogP contribution < -0.4 is 10.6 Å². The van der Waals surface area contributed by atoms with Gasteiger partial charge in [-0.15, -0.1) is 0 Å². The number of amides is 3. The molecule has 1 aromatic rings. The molecular weight excluding hydrogens is 510 g/mol. The molecule has 1 heterocycles. The summed E-state index contributed by atoms with van der Waals surface area (Å²) in [6.07, 6.45) is 7.34. The number of rotatable bonds is 10. The van der Waals surface area contributed by atoms with Gasteiger partial charge in [-0.3, -0.25) is 19.7 Å². The van der Waals surface area contributed by atoms with Crippen LogP contribution in [0.15, 0.2) is 18.2 Å². The molecule has 0 aromatic heterocycles. The van der Waals surface area contributed by atoms with Crippen LogP contribution in [0.3, 0.4) is 0 Å². The zero-order valence-electron chi connectivity index (χ0n) is 24.0. The van der Waals surface area contributed by atoms with E-state index in [0.29, 0.717) is 50.8 Å². The van der Waals surface area contributed by atoms with Crippen molar-refractivity contribution in [3.63, 3.8) is 0 Å². The minimum atomic E-state index is -0.552. The van der Waals surface area contributed by atoms with E-state index in [1.165, 1.54) is 0 Å². The molecular formula is C31H43N3O6. The van der Waals surface area contributed by atoms with Crippen molar-refractivity contribution < 1.29 is 29.0 Å². The maximum atomic E-state index is 12.9. The van der Waals surface area contributed by atoms with E-state index in [0.717, 1.165) is 49.5 Å². The predicted molar refractivity (Wildman–Crippen MR) is 151 cm³/mol. The number of hydrogen-bond donors (Lipinski definition) is 3. The van der Waals surface area contributed by atoms with Gasteiger partial charge in [-0.1, -0.05) is 24.3 Å². The van der Waals surface area contributed by atoms with Gasteiger partial charge in [-0.25, -0.2) is 4.79 Å². The largest absolute Gasteiger partial charge is 0.444 e. The first kappa shape index (κ1) is 31.3. The van der Waals surface area contributed by atoms with Crippen molar-refractivity contribution in [3.05, 3.63) is 34.9 Å². The quantitative estimate of drug-likeness (QED) is 0.174. The number of imide groups is 1. The van der Waals surface area contributed by atoms with Gasteiger partial charge in [-0.05, 0) is 83.4 Å². The van der Waals surface area contributed by atoms with E-state index >= 15 is 0 Å². The molecule has 1 aliphatic heterocycles. The third-order valence-corrected chi connectivity index (χ3v) is 7.22. The van der Waals surface area contributed by atoms with E-state index in [4.69, 9.17) is 4.74 Å². The smallest absolute Gasteiger partial charge is 0.410 e. The third kappa shape index (κ3) is 10.1. The average molecular weight is 554 g/mol. The Morgan fingerprint density at radius 3 is 2.58 bits per heavy atom. The summed E-state index contributed by atoms with van der Waals surface area (Å²) in [5, 5.41) is 15.3. The van der Waals surface area contributed by atoms with E-state index in [9.17, 15) is 24.3 Å². The number of hydrogen-bond acceptors (Lipinski definition) is 7. The lowest BCUT2D eigenvalue weighted by Gasteiger charge is -2.36. The van der Waals surface area contributed by atoms with Gasteiger partial charge in [0.15, 0.2) is 0 Å². The van der Waals surface area contributed by atoms with Gasteiger partial charge in [0.1, 0.15) is 11.9 Å². The molecule has 1 unspecified atom stereocenters. The van der Waals surface area contributed by atoms with Gasteiger partial charge in [-0.2, -0.15) is 0 Å². The molecule has 1 atom stereocenters. The van der Waals surface area contributed by atoms with Crippen molar-refractivity contribution in [1.82, 2.24) is 15.5 Å². The highest BCUT2D eigenvalue weighted by molar-refractivity contribution is 6.00. The minimum Gasteiger partial charge on any atom is -0.444 e. The number of nitrogens with zero attached hydrogens (tertiary/aromatic N) is 1. The molecule has 3 amide bonds. The van der Waals surface area contributed by atoms with E-state index in [-0.39, 0.29) is 30.1 Å². The Balaban J connectivity index is 1.47. The van der Waals surface area contributed by atoms with Crippen LogP contribution in [-0.2, 0) is 20.9 Å². The van der Waals surface area contributed by atoms with Crippen molar-refractivity contribution in [2.75, 3.05) is 6.54 Å². The summed E-state index contributed by atoms with van der Waals surface area (Å²) in [4.78, 5) is 49.6. The van der Waals surface area contributed by atoms with Gasteiger partial charge in [0.05, 0.1) is 12.1 Å². The lowest BCUT2D eigenvalue weighted by atomic mass is 9.92. The highest BCUT2D eigenvalue weighted by Gasteiger charge is 2.31. The number of aliphatic hydroxyl groups excluding tert-OH is 1. The van der Waals surface area contributed by atoms with Crippen LogP contribution in [0, 0.1) is 11.8 Å². The van der Waals surface area contributed by atoms with E-state index in [1.54, 1.807) is 6.07 Å². The Morgan fingerprint density at radius 1 is 1.15 bits per heavy atom. The number of carbonyl (C=O) groups is 4. The van der Waals surface area contributed by atoms with E-state index in [2.05, 4.69) is 22.5 Å². The molecule has 40 heavy (non-hydrogen) atoms. The monoisotopic (exact) mass is 553 g/mol. The second-order valence-corrected chi connectivity index (χ2v) is 11.7. The summed E-state index contributed by atoms with van der Waals surface area (Å²) in [5.41, 5.74) is 1.53. The number of piperidine rings is 1. The van der Waals surface area contributed by atoms with Crippen LogP contribution in [0.4, 0.5) is 4.79 Å². The molecule has 218 valence electrons. The molecule has 9 heteroatoms. The van der Waals surface area contributed by atoms with Crippen LogP contribution in [0.25, 0.3) is 0 Å². The van der Waals surface area contributed by atoms with Gasteiger partial charge in [0.25, 0.3) is 0 Å². The summed E-state index contributed by atoms with van der Waals surface area (Å²) in [6.45, 7) is 6.56. The molecule has 1 saturated carbocycles. The Kier molecular flexibility index (Phi) is 11.7. The predicted octanol–water partition coefficient (Wildman–Crippen LogP) is 3.85. The highest BCUT2D eigenvalue weighted by Crippen LogP contribution is 2.25. The number of nitrogens with one attached hydrogen (secondary N) is 2. The Bertz CT molecular complexity index is 1110. The topological polar surface area (TPSA) is 125 Å². The van der Waals surface area contributed by atoms with Crippen LogP contribution in [0.2, 0.25) is 0 Å². The highest BCUT2D eigenvalue weighted by atomic mass is 16.6. The first-order valence-corrected chi connectivity index (χ1v) is 14.4. The zero-order chi connectivity index (χ0) is 29.1. The maximum Gasteiger partial charge on any atom is 0.410 e. The fraction of sp³-hybridized carbons (Fsp3) is 0.613. The van der Waals surface area contributed by atoms with Crippen molar-refractivity contribution >= 4 is 24.2 Å². The summed E-state index contributed by atoms with van der Waals surface area (Å²) in [5.74, 6) is 5.76. The third-order valence-electron chi connectivity index (χ3n) is 7.22. The lowest BCUT2D eigenvalue weighted by Crippen LogP contribution is -2.50. The molecule has 2 fully saturated rings. The van der Waals surface area contributed by atoms with Crippen molar-refractivity contribution in [2.45, 2.75) is 115 Å². The van der Waals surface area contributed by atoms with E-state index < -0.39 is 11.6 Å². The first-order chi connectivity index (χ1) is 19.1. The lowest BCUT2D eigenvalue weighted by molar-refractivity contribution is -0.134. The molecule has 2 aliphatic rings. The normalized spacial score (nSPS) is 21.1. The average Bonchev–Trinajstić information content (AvgIpc) is 2.89. The number of aliphatic hydroxyl groups is 1. The molecule has 1 aliphatic carbocycles. The van der Waals surface area contributed by atoms with Gasteiger partial charge in [0.2, 0.25) is 11.8 Å². The van der Waals surface area contributed by atoms with Gasteiger partial charge in [0, 0.05) is 43.1 Å². The fourth-order valence-electron chi connectivity index (χ4n) is 5.02. The second kappa shape index (κ2) is 15.0. The summed E-state index contributed by atoms with van der Waals surface area (Å²) < 4.78 is 5.65. The minimum absolute atomic E-state index is 0.103. The van der Waals surface area contributed by atoms with Gasteiger partial charge < -0.3 is 20.1 Å². The molecule has 9 nitrogen and oxygen atoms in total. The standard InChI is InChI=1S/C31H43N3O6/c1-31(2,3)40-30(39)34(25-12-14-26(36)15-13-25)18-8-6-4-5-7-9-22-10-11-23(21-35)24(19-22)20-32-27-16-17-28(37)33-29(27)38/h10-11,19,21,25-27,32,36H,4-6,8,12-18,20H2,1-3H3,(H,33,37,38). The Hall–Kier alpha value is -3.22. The maximum absolute atomic E-state index is 12.9. The van der Waals surface area contributed by atoms with E-state index in [1.807, 2.05) is 37.8 Å². The number of ether oxygens (including phenoxy) is 1. The SMILES string of the molecule is CC(C)(C)OC(=O)N(CCCCCC#Cc1ccc(C=O)c(CNC2CCC(=O)NC2=O)c1)C1CCC(O)CC1. The molecule has 0 bridgehead atoms. The molecule has 1 aromatic carbocycles. The summed E-state index contributed by atoms with van der Waals surface area (Å²) in [6, 6.07) is 5.03. The Morgan fingerprint density at radius 2 is 1.90 bits per heavy atom. The first-order valence-electron chi connectivity index (χ1n) is 14.4. The van der Waals surface area contributed by atoms with Crippen LogP contribution in [0.5, 0.6) is 0 Å². The second-order valence-electron chi connectivity index (χ2n) is 11.7. The zero-order valence-corrected chi connectivity index (χ0v) is 24.0. The van der Waals surface area contributed by atoms with Crippen molar-refractivity contribution in [1.29, 1.82) is 0 Å². The van der Waals surface area contributed by atoms with Gasteiger partial charge >= 0.3 is 6.09 Å². The molecule has 1 saturated heterocycles. The molecule has 0 radical (unpaired) electrons. The summed E-state index contributed by atoms with van der Waals surface area (Å²) >= 11 is 0. The fourth-order valence-corrected chi connectivity index (χ4v) is 5.02. The molecule has 0 spiro atoms. The van der Waals surface area contributed by atoms with Crippen LogP contribution in [-0.4, -0.2) is 64.5 Å². The number of aldehydes is 1. The number of carbonyl (C=O) groups excluding carboxylic acids is 4. The van der Waals surface area contributed by atoms with Crippen LogP contribution in [0.1, 0.15) is 106 Å². The van der Waals surface area contributed by atoms with Crippen LogP contribution >= 0.6 is 0 Å². The molecule has 3 N–H and O–H groups in total. The Labute approximate surface area is 237 Å². The molecule has 3 rings (SSSR count). The number of benzene rings is 1. The van der Waals surface area contributed by atoms with Crippen molar-refractivity contribution in [3.8, 4) is 11.8 Å². The summed E-state index contributed by atoms with van der Waals surface area (Å²) in [7, 11) is 0. The van der Waals surface area contributed by atoms with Crippen molar-refractivity contribution in [2.24, 2.45) is 0 Å².